The number of benzene rings is 1. The summed E-state index contributed by atoms with van der Waals surface area (Å²) in [6.07, 6.45) is 2.14. The first kappa shape index (κ1) is 20.4. The Hall–Kier alpha value is -2.29. The van der Waals surface area contributed by atoms with E-state index in [1.54, 1.807) is 13.8 Å². The number of aromatic nitrogens is 2. The smallest absolute Gasteiger partial charge is 0.250 e. The maximum atomic E-state index is 12.7. The second-order valence-electron chi connectivity index (χ2n) is 6.32. The molecular weight excluding hydrogens is 394 g/mol. The van der Waals surface area contributed by atoms with Crippen LogP contribution in [0.1, 0.15) is 30.1 Å². The van der Waals surface area contributed by atoms with Crippen molar-refractivity contribution < 1.29 is 8.42 Å². The fourth-order valence-corrected chi connectivity index (χ4v) is 5.24. The molecule has 0 aliphatic heterocycles. The van der Waals surface area contributed by atoms with Gasteiger partial charge >= 0.3 is 0 Å². The zero-order valence-corrected chi connectivity index (χ0v) is 17.5. The van der Waals surface area contributed by atoms with Crippen LogP contribution in [0.5, 0.6) is 0 Å². The molecule has 0 amide bonds. The summed E-state index contributed by atoms with van der Waals surface area (Å²) in [7, 11) is -3.61. The summed E-state index contributed by atoms with van der Waals surface area (Å²) in [6, 6.07) is 12.7. The summed E-state index contributed by atoms with van der Waals surface area (Å²) in [5, 5.41) is 2.87. The molecular formula is C20H23N3O3S2. The van der Waals surface area contributed by atoms with Crippen molar-refractivity contribution in [2.75, 3.05) is 13.1 Å². The summed E-state index contributed by atoms with van der Waals surface area (Å²) in [5.41, 5.74) is 1.67. The second-order valence-corrected chi connectivity index (χ2v) is 9.20. The van der Waals surface area contributed by atoms with E-state index in [9.17, 15) is 13.2 Å². The third-order valence-electron chi connectivity index (χ3n) is 4.43. The molecule has 0 saturated heterocycles. The highest BCUT2D eigenvalue weighted by molar-refractivity contribution is 7.89. The van der Waals surface area contributed by atoms with Crippen molar-refractivity contribution in [3.05, 3.63) is 80.7 Å². The van der Waals surface area contributed by atoms with E-state index in [1.165, 1.54) is 44.1 Å². The normalized spacial score (nSPS) is 11.8. The third kappa shape index (κ3) is 4.57. The van der Waals surface area contributed by atoms with Crippen LogP contribution in [-0.2, 0) is 23.0 Å². The van der Waals surface area contributed by atoms with E-state index in [0.29, 0.717) is 13.1 Å². The van der Waals surface area contributed by atoms with Crippen molar-refractivity contribution >= 4 is 21.4 Å². The molecule has 1 aromatic carbocycles. The van der Waals surface area contributed by atoms with Gasteiger partial charge in [0.05, 0.1) is 22.1 Å². The Labute approximate surface area is 169 Å². The lowest BCUT2D eigenvalue weighted by atomic mass is 10.2. The summed E-state index contributed by atoms with van der Waals surface area (Å²) in [5.74, 6) is 0. The average molecular weight is 418 g/mol. The second kappa shape index (κ2) is 8.81. The number of thiazole rings is 1. The first-order chi connectivity index (χ1) is 13.4. The molecule has 3 aromatic rings. The van der Waals surface area contributed by atoms with Crippen molar-refractivity contribution in [2.45, 2.75) is 31.7 Å². The fraction of sp³-hybridized carbons (Fsp3) is 0.300. The number of sulfonamides is 1. The standard InChI is InChI=1S/C20H23N3O3S2/c1-3-23(4-2)28(25,26)18-10-11-20(24)22(14-18)13-17-15-27-19(21-17)12-16-8-6-5-7-9-16/h5-11,14-15H,3-4,12-13H2,1-2H3. The van der Waals surface area contributed by atoms with E-state index in [4.69, 9.17) is 0 Å². The first-order valence-corrected chi connectivity index (χ1v) is 11.4. The van der Waals surface area contributed by atoms with Crippen LogP contribution in [0.3, 0.4) is 0 Å². The fourth-order valence-electron chi connectivity index (χ4n) is 2.95. The Balaban J connectivity index is 1.82. The van der Waals surface area contributed by atoms with E-state index in [2.05, 4.69) is 4.98 Å². The van der Waals surface area contributed by atoms with Gasteiger partial charge in [0.25, 0.3) is 5.56 Å². The molecule has 3 rings (SSSR count). The largest absolute Gasteiger partial charge is 0.308 e. The molecule has 0 spiro atoms. The molecule has 0 N–H and O–H groups in total. The number of rotatable bonds is 8. The van der Waals surface area contributed by atoms with Crippen LogP contribution >= 0.6 is 11.3 Å². The quantitative estimate of drug-likeness (QED) is 0.565. The van der Waals surface area contributed by atoms with Crippen LogP contribution in [0.15, 0.2) is 63.7 Å². The molecule has 0 atom stereocenters. The van der Waals surface area contributed by atoms with Gasteiger partial charge in [-0.15, -0.1) is 11.3 Å². The highest BCUT2D eigenvalue weighted by Crippen LogP contribution is 2.17. The van der Waals surface area contributed by atoms with Crippen molar-refractivity contribution in [1.29, 1.82) is 0 Å². The van der Waals surface area contributed by atoms with E-state index in [1.807, 2.05) is 35.7 Å². The number of hydrogen-bond donors (Lipinski definition) is 0. The van der Waals surface area contributed by atoms with Gasteiger partial charge in [0.2, 0.25) is 10.0 Å². The van der Waals surface area contributed by atoms with Gasteiger partial charge in [-0.25, -0.2) is 13.4 Å². The minimum atomic E-state index is -3.61. The maximum Gasteiger partial charge on any atom is 0.250 e. The molecule has 0 unspecified atom stereocenters. The third-order valence-corrected chi connectivity index (χ3v) is 7.36. The Kier molecular flexibility index (Phi) is 6.43. The van der Waals surface area contributed by atoms with Crippen LogP contribution in [0.25, 0.3) is 0 Å². The predicted octanol–water partition coefficient (Wildman–Crippen LogP) is 2.97. The maximum absolute atomic E-state index is 12.7. The molecule has 0 aliphatic rings. The summed E-state index contributed by atoms with van der Waals surface area (Å²) in [4.78, 5) is 17.0. The molecule has 0 aliphatic carbocycles. The SMILES string of the molecule is CCN(CC)S(=O)(=O)c1ccc(=O)n(Cc2csc(Cc3ccccc3)n2)c1. The minimum absolute atomic E-state index is 0.121. The Morgan fingerprint density at radius 1 is 1.07 bits per heavy atom. The van der Waals surface area contributed by atoms with Gasteiger partial charge < -0.3 is 4.57 Å². The molecule has 6 nitrogen and oxygen atoms in total. The van der Waals surface area contributed by atoms with Crippen molar-refractivity contribution in [2.24, 2.45) is 0 Å². The number of pyridine rings is 1. The molecule has 0 radical (unpaired) electrons. The van der Waals surface area contributed by atoms with Crippen LogP contribution in [-0.4, -0.2) is 35.4 Å². The topological polar surface area (TPSA) is 72.3 Å². The van der Waals surface area contributed by atoms with Crippen LogP contribution < -0.4 is 5.56 Å². The highest BCUT2D eigenvalue weighted by Gasteiger charge is 2.22. The summed E-state index contributed by atoms with van der Waals surface area (Å²) in [6.45, 7) is 4.59. The van der Waals surface area contributed by atoms with Crippen molar-refractivity contribution in [3.63, 3.8) is 0 Å². The predicted molar refractivity (Wildman–Crippen MR) is 111 cm³/mol. The lowest BCUT2D eigenvalue weighted by Gasteiger charge is -2.18. The van der Waals surface area contributed by atoms with Crippen LogP contribution in [0, 0.1) is 0 Å². The van der Waals surface area contributed by atoms with E-state index in [0.717, 1.165) is 17.1 Å². The number of hydrogen-bond acceptors (Lipinski definition) is 5. The summed E-state index contributed by atoms with van der Waals surface area (Å²) >= 11 is 1.54. The van der Waals surface area contributed by atoms with Gasteiger partial charge in [0, 0.05) is 37.2 Å². The van der Waals surface area contributed by atoms with E-state index >= 15 is 0 Å². The van der Waals surface area contributed by atoms with Crippen LogP contribution in [0.4, 0.5) is 0 Å². The molecule has 0 saturated carbocycles. The average Bonchev–Trinajstić information content (AvgIpc) is 3.12. The van der Waals surface area contributed by atoms with E-state index < -0.39 is 10.0 Å². The lowest BCUT2D eigenvalue weighted by Crippen LogP contribution is -2.32. The van der Waals surface area contributed by atoms with Gasteiger partial charge in [-0.1, -0.05) is 44.2 Å². The van der Waals surface area contributed by atoms with Gasteiger partial charge in [-0.3, -0.25) is 4.79 Å². The highest BCUT2D eigenvalue weighted by atomic mass is 32.2. The van der Waals surface area contributed by atoms with Crippen LogP contribution in [0.2, 0.25) is 0 Å². The van der Waals surface area contributed by atoms with Gasteiger partial charge in [-0.05, 0) is 11.6 Å². The molecule has 28 heavy (non-hydrogen) atoms. The molecule has 2 aromatic heterocycles. The van der Waals surface area contributed by atoms with E-state index in [-0.39, 0.29) is 17.0 Å². The molecule has 8 heteroatoms. The van der Waals surface area contributed by atoms with Crippen molar-refractivity contribution in [3.8, 4) is 0 Å². The minimum Gasteiger partial charge on any atom is -0.308 e. The zero-order chi connectivity index (χ0) is 20.1. The van der Waals surface area contributed by atoms with Gasteiger partial charge in [-0.2, -0.15) is 4.31 Å². The summed E-state index contributed by atoms with van der Waals surface area (Å²) < 4.78 is 28.2. The molecule has 0 fully saturated rings. The van der Waals surface area contributed by atoms with Gasteiger partial charge in [0.15, 0.2) is 0 Å². The molecule has 148 valence electrons. The number of nitrogens with zero attached hydrogens (tertiary/aromatic N) is 3. The molecule has 0 bridgehead atoms. The van der Waals surface area contributed by atoms with Crippen molar-refractivity contribution in [1.82, 2.24) is 13.9 Å². The van der Waals surface area contributed by atoms with Gasteiger partial charge in [0.1, 0.15) is 0 Å². The lowest BCUT2D eigenvalue weighted by molar-refractivity contribution is 0.444. The Morgan fingerprint density at radius 2 is 1.79 bits per heavy atom. The first-order valence-electron chi connectivity index (χ1n) is 9.12. The Bertz CT molecular complexity index is 1090. The molecule has 2 heterocycles. The Morgan fingerprint density at radius 3 is 2.46 bits per heavy atom. The monoisotopic (exact) mass is 417 g/mol. The zero-order valence-electron chi connectivity index (χ0n) is 15.9.